The van der Waals surface area contributed by atoms with E-state index in [2.05, 4.69) is 16.7 Å². The molecule has 2 aliphatic heterocycles. The van der Waals surface area contributed by atoms with Gasteiger partial charge in [0.2, 0.25) is 23.6 Å². The predicted molar refractivity (Wildman–Crippen MR) is 209 cm³/mol. The number of rotatable bonds is 20. The van der Waals surface area contributed by atoms with Gasteiger partial charge in [-0.15, -0.1) is 0 Å². The Morgan fingerprint density at radius 1 is 1.04 bits per heavy atom. The minimum atomic E-state index is -0.795. The van der Waals surface area contributed by atoms with Crippen LogP contribution in [-0.4, -0.2) is 133 Å². The van der Waals surface area contributed by atoms with Crippen LogP contribution in [0.3, 0.4) is 0 Å². The summed E-state index contributed by atoms with van der Waals surface area (Å²) in [7, 11) is 4.85. The summed E-state index contributed by atoms with van der Waals surface area (Å²) in [4.78, 5) is 61.4. The molecule has 2 heterocycles. The van der Waals surface area contributed by atoms with Gasteiger partial charge in [0, 0.05) is 33.9 Å². The first-order valence-electron chi connectivity index (χ1n) is 20.3. The van der Waals surface area contributed by atoms with E-state index in [1.807, 2.05) is 62.9 Å². The molecule has 55 heavy (non-hydrogen) atoms. The Kier molecular flexibility index (Phi) is 16.5. The average molecular weight is 767 g/mol. The first-order chi connectivity index (χ1) is 26.3. The van der Waals surface area contributed by atoms with Gasteiger partial charge < -0.3 is 35.0 Å². The SMILES string of the molecule is CC[C@H](C)[C@@H]([C@@H](CC(=O)N1CCCC1[C@H](OC)[C@@H](C)C(=O)NC(CO)Cc1ccccc1)OC)N(C)C(=O)C(NC(=O)[C@@H]1[C@H]2CC[C@H](C2)N1CC#N)C(C)C. The number of fused-ring (bicyclic) bond motifs is 2. The normalized spacial score (nSPS) is 24.7. The zero-order valence-electron chi connectivity index (χ0n) is 34.3. The Hall–Kier alpha value is -3.57. The van der Waals surface area contributed by atoms with Gasteiger partial charge >= 0.3 is 0 Å². The Balaban J connectivity index is 1.45. The standard InChI is InChI=1S/C42H66N6O7/c1-9-27(4)37(46(6)42(53)36(26(2)3)45-41(52)38-30-17-18-32(23-30)47(38)21-19-43)34(54-7)24-35(50)48-20-13-16-33(48)39(55-8)28(5)40(51)44-31(25-49)22-29-14-11-10-12-15-29/h10-12,14-15,26-28,30-34,36-39,49H,9,13,16-18,20-25H2,1-8H3,(H,44,51)(H,45,52)/t27-,28+,30-,31?,32+,33?,34+,36?,37-,38-,39+/m0/s1. The van der Waals surface area contributed by atoms with Crippen LogP contribution in [0.25, 0.3) is 0 Å². The molecule has 3 fully saturated rings. The third kappa shape index (κ3) is 10.4. The molecule has 1 saturated carbocycles. The molecule has 3 unspecified atom stereocenters. The number of carbonyl (C=O) groups is 4. The van der Waals surface area contributed by atoms with Gasteiger partial charge in [0.15, 0.2) is 0 Å². The second-order valence-corrected chi connectivity index (χ2v) is 16.4. The van der Waals surface area contributed by atoms with Crippen molar-refractivity contribution in [2.75, 3.05) is 41.0 Å². The third-order valence-corrected chi connectivity index (χ3v) is 12.6. The largest absolute Gasteiger partial charge is 0.394 e. The molecule has 4 rings (SSSR count). The van der Waals surface area contributed by atoms with Crippen LogP contribution >= 0.6 is 0 Å². The maximum atomic E-state index is 14.4. The van der Waals surface area contributed by atoms with Crippen LogP contribution in [0.4, 0.5) is 0 Å². The highest BCUT2D eigenvalue weighted by Gasteiger charge is 2.50. The number of amides is 4. The van der Waals surface area contributed by atoms with Crippen molar-refractivity contribution in [2.45, 2.75) is 134 Å². The number of methoxy groups -OCH3 is 2. The number of nitrogens with zero attached hydrogens (tertiary/aromatic N) is 4. The van der Waals surface area contributed by atoms with Gasteiger partial charge in [-0.05, 0) is 61.8 Å². The Bertz CT molecular complexity index is 1470. The summed E-state index contributed by atoms with van der Waals surface area (Å²) in [5, 5.41) is 25.6. The molecule has 0 aromatic heterocycles. The zero-order valence-corrected chi connectivity index (χ0v) is 34.3. The van der Waals surface area contributed by atoms with Crippen LogP contribution in [-0.2, 0) is 35.1 Å². The number of aliphatic hydroxyl groups is 1. The molecule has 3 aliphatic rings. The van der Waals surface area contributed by atoms with Crippen molar-refractivity contribution in [1.82, 2.24) is 25.3 Å². The van der Waals surface area contributed by atoms with Crippen molar-refractivity contribution < 1.29 is 33.8 Å². The number of likely N-dealkylation sites (N-methyl/N-ethyl adjacent to an activating group) is 1. The maximum absolute atomic E-state index is 14.4. The molecule has 0 spiro atoms. The van der Waals surface area contributed by atoms with Crippen molar-refractivity contribution in [1.29, 1.82) is 5.26 Å². The lowest BCUT2D eigenvalue weighted by atomic mass is 9.89. The average Bonchev–Trinajstić information content (AvgIpc) is 3.94. The molecule has 2 bridgehead atoms. The summed E-state index contributed by atoms with van der Waals surface area (Å²) in [6, 6.07) is 9.63. The molecule has 13 heteroatoms. The number of aliphatic hydroxyl groups excluding tert-OH is 1. The summed E-state index contributed by atoms with van der Waals surface area (Å²) >= 11 is 0. The second-order valence-electron chi connectivity index (χ2n) is 16.4. The predicted octanol–water partition coefficient (Wildman–Crippen LogP) is 3.14. The minimum absolute atomic E-state index is 0.0211. The Morgan fingerprint density at radius 2 is 1.75 bits per heavy atom. The molecule has 2 saturated heterocycles. The smallest absolute Gasteiger partial charge is 0.245 e. The van der Waals surface area contributed by atoms with Gasteiger partial charge in [-0.1, -0.05) is 71.4 Å². The summed E-state index contributed by atoms with van der Waals surface area (Å²) in [5.74, 6) is -1.51. The minimum Gasteiger partial charge on any atom is -0.394 e. The second kappa shape index (κ2) is 20.6. The molecule has 13 nitrogen and oxygen atoms in total. The molecule has 1 aliphatic carbocycles. The van der Waals surface area contributed by atoms with E-state index >= 15 is 0 Å². The molecular weight excluding hydrogens is 700 g/mol. The van der Waals surface area contributed by atoms with E-state index in [9.17, 15) is 29.5 Å². The van der Waals surface area contributed by atoms with Gasteiger partial charge in [0.25, 0.3) is 0 Å². The number of benzene rings is 1. The molecule has 1 aromatic rings. The van der Waals surface area contributed by atoms with Crippen molar-refractivity contribution in [3.8, 4) is 6.07 Å². The fraction of sp³-hybridized carbons (Fsp3) is 0.738. The first-order valence-corrected chi connectivity index (χ1v) is 20.3. The summed E-state index contributed by atoms with van der Waals surface area (Å²) in [6.07, 6.45) is 4.28. The fourth-order valence-electron chi connectivity index (χ4n) is 9.42. The first kappa shape index (κ1) is 44.1. The van der Waals surface area contributed by atoms with Crippen LogP contribution in [0, 0.1) is 35.0 Å². The van der Waals surface area contributed by atoms with Crippen LogP contribution in [0.15, 0.2) is 30.3 Å². The van der Waals surface area contributed by atoms with Gasteiger partial charge in [-0.3, -0.25) is 24.1 Å². The van der Waals surface area contributed by atoms with Gasteiger partial charge in [-0.25, -0.2) is 0 Å². The van der Waals surface area contributed by atoms with Gasteiger partial charge in [0.1, 0.15) is 6.04 Å². The lowest BCUT2D eigenvalue weighted by Crippen LogP contribution is -2.60. The summed E-state index contributed by atoms with van der Waals surface area (Å²) < 4.78 is 12.0. The van der Waals surface area contributed by atoms with Crippen LogP contribution in [0.2, 0.25) is 0 Å². The number of piperidine rings is 1. The highest BCUT2D eigenvalue weighted by Crippen LogP contribution is 2.42. The topological polar surface area (TPSA) is 165 Å². The Morgan fingerprint density at radius 3 is 2.35 bits per heavy atom. The number of hydrogen-bond donors (Lipinski definition) is 3. The van der Waals surface area contributed by atoms with E-state index in [1.165, 1.54) is 0 Å². The van der Waals surface area contributed by atoms with E-state index in [4.69, 9.17) is 9.47 Å². The lowest BCUT2D eigenvalue weighted by Gasteiger charge is -2.41. The molecule has 306 valence electrons. The maximum Gasteiger partial charge on any atom is 0.245 e. The highest BCUT2D eigenvalue weighted by atomic mass is 16.5. The van der Waals surface area contributed by atoms with Gasteiger partial charge in [0.05, 0.1) is 67.9 Å². The molecule has 11 atom stereocenters. The number of likely N-dealkylation sites (tertiary alicyclic amines) is 2. The lowest BCUT2D eigenvalue weighted by molar-refractivity contribution is -0.148. The van der Waals surface area contributed by atoms with Crippen molar-refractivity contribution in [3.05, 3.63) is 35.9 Å². The van der Waals surface area contributed by atoms with Crippen LogP contribution in [0.1, 0.15) is 85.1 Å². The fourth-order valence-corrected chi connectivity index (χ4v) is 9.42. The van der Waals surface area contributed by atoms with E-state index in [0.29, 0.717) is 19.4 Å². The summed E-state index contributed by atoms with van der Waals surface area (Å²) in [5.41, 5.74) is 1.00. The quantitative estimate of drug-likeness (QED) is 0.169. The monoisotopic (exact) mass is 766 g/mol. The number of carbonyl (C=O) groups excluding carboxylic acids is 4. The molecule has 0 radical (unpaired) electrons. The molecule has 3 N–H and O–H groups in total. The van der Waals surface area contributed by atoms with E-state index in [0.717, 1.165) is 37.7 Å². The van der Waals surface area contributed by atoms with Crippen molar-refractivity contribution in [2.24, 2.45) is 23.7 Å². The van der Waals surface area contributed by atoms with Crippen molar-refractivity contribution in [3.63, 3.8) is 0 Å². The van der Waals surface area contributed by atoms with E-state index < -0.39 is 42.3 Å². The highest BCUT2D eigenvalue weighted by molar-refractivity contribution is 5.90. The third-order valence-electron chi connectivity index (χ3n) is 12.6. The van der Waals surface area contributed by atoms with Crippen LogP contribution in [0.5, 0.6) is 0 Å². The number of ether oxygens (including phenoxy) is 2. The zero-order chi connectivity index (χ0) is 40.4. The Labute approximate surface area is 328 Å². The summed E-state index contributed by atoms with van der Waals surface area (Å²) in [6.45, 7) is 10.2. The number of nitriles is 1. The molecule has 4 amide bonds. The van der Waals surface area contributed by atoms with Gasteiger partial charge in [-0.2, -0.15) is 5.26 Å². The molecule has 1 aromatic carbocycles. The van der Waals surface area contributed by atoms with Crippen LogP contribution < -0.4 is 10.6 Å². The van der Waals surface area contributed by atoms with E-state index in [-0.39, 0.29) is 73.0 Å². The molecular formula is C42H66N6O7. The van der Waals surface area contributed by atoms with E-state index in [1.54, 1.807) is 38.0 Å². The number of nitrogens with one attached hydrogen (secondary N) is 2. The number of hydrogen-bond acceptors (Lipinski definition) is 9. The van der Waals surface area contributed by atoms with Crippen molar-refractivity contribution >= 4 is 23.6 Å².